The summed E-state index contributed by atoms with van der Waals surface area (Å²) in [6, 6.07) is 0. The molecular formula is C12H20O5. The fourth-order valence-electron chi connectivity index (χ4n) is 2.33. The van der Waals surface area contributed by atoms with Gasteiger partial charge in [0.2, 0.25) is 0 Å². The van der Waals surface area contributed by atoms with E-state index in [0.29, 0.717) is 13.0 Å². The molecule has 17 heavy (non-hydrogen) atoms. The van der Waals surface area contributed by atoms with E-state index in [0.717, 1.165) is 6.29 Å². The van der Waals surface area contributed by atoms with Crippen LogP contribution in [0.4, 0.5) is 0 Å². The van der Waals surface area contributed by atoms with Crippen LogP contribution in [0.3, 0.4) is 0 Å². The molecule has 5 nitrogen and oxygen atoms in total. The molecule has 2 aliphatic rings. The summed E-state index contributed by atoms with van der Waals surface area (Å²) in [5.74, 6) is -1.26. The summed E-state index contributed by atoms with van der Waals surface area (Å²) < 4.78 is 22.8. The van der Waals surface area contributed by atoms with Crippen molar-refractivity contribution in [2.24, 2.45) is 0 Å². The van der Waals surface area contributed by atoms with E-state index in [9.17, 15) is 4.79 Å². The molecule has 98 valence electrons. The molecule has 0 radical (unpaired) electrons. The topological polar surface area (TPSA) is 54.0 Å². The van der Waals surface area contributed by atoms with Crippen molar-refractivity contribution in [1.29, 1.82) is 0 Å². The van der Waals surface area contributed by atoms with Crippen LogP contribution < -0.4 is 0 Å². The molecule has 0 spiro atoms. The summed E-state index contributed by atoms with van der Waals surface area (Å²) in [5, 5.41) is 0. The van der Waals surface area contributed by atoms with E-state index in [-0.39, 0.29) is 18.3 Å². The van der Waals surface area contributed by atoms with Crippen LogP contribution in [-0.2, 0) is 23.7 Å². The largest absolute Gasteiger partial charge is 0.348 e. The van der Waals surface area contributed by atoms with Gasteiger partial charge in [-0.15, -0.1) is 0 Å². The molecule has 0 bridgehead atoms. The average molecular weight is 244 g/mol. The number of hydrogen-bond acceptors (Lipinski definition) is 5. The summed E-state index contributed by atoms with van der Waals surface area (Å²) in [4.78, 5) is 10.7. The number of rotatable bonds is 3. The van der Waals surface area contributed by atoms with Crippen LogP contribution in [-0.4, -0.2) is 42.8 Å². The Hall–Kier alpha value is -0.490. The summed E-state index contributed by atoms with van der Waals surface area (Å²) in [5.41, 5.74) is 0. The molecule has 0 amide bonds. The van der Waals surface area contributed by atoms with Gasteiger partial charge >= 0.3 is 0 Å². The van der Waals surface area contributed by atoms with Gasteiger partial charge in [0.15, 0.2) is 11.6 Å². The van der Waals surface area contributed by atoms with Crippen LogP contribution in [0.25, 0.3) is 0 Å². The summed E-state index contributed by atoms with van der Waals surface area (Å²) in [6.45, 7) is 7.87. The maximum absolute atomic E-state index is 10.7. The van der Waals surface area contributed by atoms with E-state index < -0.39 is 11.6 Å². The fourth-order valence-corrected chi connectivity index (χ4v) is 2.33. The zero-order valence-corrected chi connectivity index (χ0v) is 10.8. The molecule has 0 unspecified atom stereocenters. The highest BCUT2D eigenvalue weighted by atomic mass is 16.8. The molecule has 2 heterocycles. The molecule has 3 atom stereocenters. The maximum Gasteiger partial charge on any atom is 0.163 e. The van der Waals surface area contributed by atoms with Gasteiger partial charge in [0.05, 0.1) is 12.7 Å². The average Bonchev–Trinajstić information content (AvgIpc) is 2.67. The van der Waals surface area contributed by atoms with Crippen LogP contribution in [0.1, 0.15) is 34.1 Å². The summed E-state index contributed by atoms with van der Waals surface area (Å²) >= 11 is 0. The highest BCUT2D eigenvalue weighted by molar-refractivity contribution is 5.50. The first-order valence-corrected chi connectivity index (χ1v) is 5.94. The summed E-state index contributed by atoms with van der Waals surface area (Å²) in [7, 11) is 0. The van der Waals surface area contributed by atoms with Gasteiger partial charge in [-0.05, 0) is 27.7 Å². The second-order valence-electron chi connectivity index (χ2n) is 5.41. The van der Waals surface area contributed by atoms with Gasteiger partial charge in [-0.25, -0.2) is 0 Å². The third-order valence-electron chi connectivity index (χ3n) is 2.95. The van der Waals surface area contributed by atoms with Crippen molar-refractivity contribution in [1.82, 2.24) is 0 Å². The molecule has 0 N–H and O–H groups in total. The van der Waals surface area contributed by atoms with Crippen molar-refractivity contribution >= 4 is 6.29 Å². The van der Waals surface area contributed by atoms with Gasteiger partial charge in [0.1, 0.15) is 18.5 Å². The fraction of sp³-hybridized carbons (Fsp3) is 0.917. The number of hydrogen-bond donors (Lipinski definition) is 0. The third kappa shape index (κ3) is 2.85. The summed E-state index contributed by atoms with van der Waals surface area (Å²) in [6.07, 6.45) is 0.469. The van der Waals surface area contributed by atoms with Crippen molar-refractivity contribution in [2.45, 2.75) is 64.0 Å². The van der Waals surface area contributed by atoms with Crippen molar-refractivity contribution in [3.8, 4) is 0 Å². The molecule has 0 saturated carbocycles. The molecule has 2 saturated heterocycles. The van der Waals surface area contributed by atoms with E-state index in [1.807, 2.05) is 27.7 Å². The lowest BCUT2D eigenvalue weighted by Crippen LogP contribution is -2.38. The molecule has 2 fully saturated rings. The van der Waals surface area contributed by atoms with Gasteiger partial charge in [-0.3, -0.25) is 0 Å². The SMILES string of the molecule is CC1(C)OC[C@H]([C@H]2OC(C)(C)O[C@@H]2CC=O)O1. The Morgan fingerprint density at radius 1 is 1.12 bits per heavy atom. The Labute approximate surface area is 101 Å². The van der Waals surface area contributed by atoms with Crippen LogP contribution in [0, 0.1) is 0 Å². The van der Waals surface area contributed by atoms with E-state index >= 15 is 0 Å². The first-order chi connectivity index (χ1) is 7.83. The highest BCUT2D eigenvalue weighted by Gasteiger charge is 2.49. The Balaban J connectivity index is 2.06. The standard InChI is InChI=1S/C12H20O5/c1-11(2)14-7-9(16-11)10-8(5-6-13)15-12(3,4)17-10/h6,8-10H,5,7H2,1-4H3/t8-,9-,10+/m1/s1. The predicted molar refractivity (Wildman–Crippen MR) is 59.4 cm³/mol. The maximum atomic E-state index is 10.7. The molecule has 0 aromatic heterocycles. The van der Waals surface area contributed by atoms with Crippen LogP contribution in [0.15, 0.2) is 0 Å². The molecule has 5 heteroatoms. The van der Waals surface area contributed by atoms with Crippen molar-refractivity contribution in [3.63, 3.8) is 0 Å². The molecule has 2 aliphatic heterocycles. The van der Waals surface area contributed by atoms with E-state index in [1.165, 1.54) is 0 Å². The van der Waals surface area contributed by atoms with Gasteiger partial charge in [0, 0.05) is 6.42 Å². The lowest BCUT2D eigenvalue weighted by Gasteiger charge is -2.23. The number of carbonyl (C=O) groups is 1. The monoisotopic (exact) mass is 244 g/mol. The minimum atomic E-state index is -0.672. The highest BCUT2D eigenvalue weighted by Crippen LogP contribution is 2.36. The Morgan fingerprint density at radius 2 is 1.82 bits per heavy atom. The van der Waals surface area contributed by atoms with Crippen LogP contribution in [0.2, 0.25) is 0 Å². The molecule has 2 rings (SSSR count). The zero-order valence-electron chi connectivity index (χ0n) is 10.8. The van der Waals surface area contributed by atoms with E-state index in [1.54, 1.807) is 0 Å². The minimum absolute atomic E-state index is 0.184. The third-order valence-corrected chi connectivity index (χ3v) is 2.95. The van der Waals surface area contributed by atoms with E-state index in [2.05, 4.69) is 0 Å². The van der Waals surface area contributed by atoms with Crippen molar-refractivity contribution < 1.29 is 23.7 Å². The Morgan fingerprint density at radius 3 is 2.35 bits per heavy atom. The van der Waals surface area contributed by atoms with Gasteiger partial charge < -0.3 is 23.7 Å². The number of carbonyl (C=O) groups excluding carboxylic acids is 1. The van der Waals surface area contributed by atoms with Crippen molar-refractivity contribution in [2.75, 3.05) is 6.61 Å². The quantitative estimate of drug-likeness (QED) is 0.699. The second-order valence-corrected chi connectivity index (χ2v) is 5.41. The first kappa shape index (κ1) is 13.0. The Bertz CT molecular complexity index is 299. The number of ether oxygens (including phenoxy) is 4. The predicted octanol–water partition coefficient (Wildman–Crippen LogP) is 1.25. The molecule has 0 aromatic carbocycles. The first-order valence-electron chi connectivity index (χ1n) is 5.94. The lowest BCUT2D eigenvalue weighted by molar-refractivity contribution is -0.174. The van der Waals surface area contributed by atoms with Crippen LogP contribution >= 0.6 is 0 Å². The normalized spacial score (nSPS) is 39.4. The Kier molecular flexibility index (Phi) is 3.29. The van der Waals surface area contributed by atoms with Gasteiger partial charge in [0.25, 0.3) is 0 Å². The lowest BCUT2D eigenvalue weighted by atomic mass is 10.1. The van der Waals surface area contributed by atoms with Gasteiger partial charge in [-0.1, -0.05) is 0 Å². The van der Waals surface area contributed by atoms with Crippen molar-refractivity contribution in [3.05, 3.63) is 0 Å². The zero-order chi connectivity index (χ0) is 12.7. The molecule has 0 aliphatic carbocycles. The second kappa shape index (κ2) is 4.31. The van der Waals surface area contributed by atoms with E-state index in [4.69, 9.17) is 18.9 Å². The van der Waals surface area contributed by atoms with Gasteiger partial charge in [-0.2, -0.15) is 0 Å². The minimum Gasteiger partial charge on any atom is -0.348 e. The molecular weight excluding hydrogens is 224 g/mol. The number of aldehydes is 1. The van der Waals surface area contributed by atoms with Crippen LogP contribution in [0.5, 0.6) is 0 Å². The molecule has 0 aromatic rings. The smallest absolute Gasteiger partial charge is 0.163 e.